The van der Waals surface area contributed by atoms with Gasteiger partial charge in [-0.3, -0.25) is 10.1 Å². The van der Waals surface area contributed by atoms with Gasteiger partial charge < -0.3 is 20.1 Å². The molecule has 26 heavy (non-hydrogen) atoms. The number of aliphatic hydroxyl groups excluding tert-OH is 1. The molecular weight excluding hydrogens is 354 g/mol. The molecule has 1 aromatic carbocycles. The second-order valence-electron chi connectivity index (χ2n) is 5.64. The fraction of sp³-hybridized carbons (Fsp3) is 0.125. The SMILES string of the molecule is CN1Sc2ccccc2C(O)=C1CC(=O)Nc1nc(N)c2[nH]cnc2n1. The molecule has 5 N–H and O–H groups in total. The molecular formula is C16H15N7O2S. The van der Waals surface area contributed by atoms with Crippen LogP contribution >= 0.6 is 11.9 Å². The molecule has 3 heterocycles. The Bertz CT molecular complexity index is 1050. The van der Waals surface area contributed by atoms with E-state index in [1.165, 1.54) is 18.3 Å². The number of hydrogen-bond acceptors (Lipinski definition) is 8. The number of rotatable bonds is 3. The lowest BCUT2D eigenvalue weighted by molar-refractivity contribution is -0.115. The van der Waals surface area contributed by atoms with Gasteiger partial charge in [0, 0.05) is 17.5 Å². The maximum atomic E-state index is 12.4. The van der Waals surface area contributed by atoms with E-state index in [0.29, 0.717) is 22.4 Å². The highest BCUT2D eigenvalue weighted by Crippen LogP contribution is 2.39. The van der Waals surface area contributed by atoms with Gasteiger partial charge in [-0.25, -0.2) is 4.98 Å². The van der Waals surface area contributed by atoms with Gasteiger partial charge in [0.15, 0.2) is 11.5 Å². The van der Waals surface area contributed by atoms with Crippen molar-refractivity contribution in [2.75, 3.05) is 18.1 Å². The number of hydrogen-bond donors (Lipinski definition) is 4. The number of nitrogens with one attached hydrogen (secondary N) is 2. The first kappa shape index (κ1) is 16.2. The number of anilines is 2. The zero-order chi connectivity index (χ0) is 18.3. The van der Waals surface area contributed by atoms with Crippen molar-refractivity contribution in [2.24, 2.45) is 0 Å². The quantitative estimate of drug-likeness (QED) is 0.516. The lowest BCUT2D eigenvalue weighted by Gasteiger charge is -2.28. The first-order chi connectivity index (χ1) is 12.5. The zero-order valence-electron chi connectivity index (χ0n) is 13.7. The average Bonchev–Trinajstić information content (AvgIpc) is 3.08. The van der Waals surface area contributed by atoms with Crippen LogP contribution in [0.4, 0.5) is 11.8 Å². The number of aromatic amines is 1. The van der Waals surface area contributed by atoms with E-state index in [2.05, 4.69) is 25.3 Å². The van der Waals surface area contributed by atoms with Gasteiger partial charge in [-0.15, -0.1) is 0 Å². The van der Waals surface area contributed by atoms with Crippen LogP contribution in [-0.2, 0) is 4.79 Å². The van der Waals surface area contributed by atoms with Gasteiger partial charge in [0.1, 0.15) is 11.3 Å². The fourth-order valence-corrected chi connectivity index (χ4v) is 3.64. The maximum Gasteiger partial charge on any atom is 0.233 e. The number of amides is 1. The van der Waals surface area contributed by atoms with E-state index in [9.17, 15) is 9.90 Å². The summed E-state index contributed by atoms with van der Waals surface area (Å²) in [5, 5.41) is 13.1. The third-order valence-electron chi connectivity index (χ3n) is 3.92. The van der Waals surface area contributed by atoms with Crippen LogP contribution in [0.15, 0.2) is 41.2 Å². The highest BCUT2D eigenvalue weighted by Gasteiger charge is 2.25. The van der Waals surface area contributed by atoms with Crippen molar-refractivity contribution in [1.29, 1.82) is 0 Å². The number of H-pyrrole nitrogens is 1. The Labute approximate surface area is 152 Å². The number of nitrogens with zero attached hydrogens (tertiary/aromatic N) is 4. The van der Waals surface area contributed by atoms with Crippen molar-refractivity contribution in [3.8, 4) is 0 Å². The fourth-order valence-electron chi connectivity index (χ4n) is 2.68. The number of benzene rings is 1. The minimum Gasteiger partial charge on any atom is -0.505 e. The molecule has 4 rings (SSSR count). The van der Waals surface area contributed by atoms with Crippen molar-refractivity contribution in [1.82, 2.24) is 24.2 Å². The van der Waals surface area contributed by atoms with Gasteiger partial charge in [0.05, 0.1) is 18.4 Å². The van der Waals surface area contributed by atoms with Crippen LogP contribution in [0.5, 0.6) is 0 Å². The van der Waals surface area contributed by atoms with Gasteiger partial charge >= 0.3 is 0 Å². The normalized spacial score (nSPS) is 13.8. The number of fused-ring (bicyclic) bond motifs is 2. The number of aromatic nitrogens is 4. The molecule has 0 saturated carbocycles. The average molecular weight is 369 g/mol. The summed E-state index contributed by atoms with van der Waals surface area (Å²) in [7, 11) is 1.80. The number of carbonyl (C=O) groups excluding carboxylic acids is 1. The summed E-state index contributed by atoms with van der Waals surface area (Å²) in [6.07, 6.45) is 1.42. The highest BCUT2D eigenvalue weighted by atomic mass is 32.2. The molecule has 132 valence electrons. The van der Waals surface area contributed by atoms with Crippen LogP contribution in [0.3, 0.4) is 0 Å². The maximum absolute atomic E-state index is 12.4. The van der Waals surface area contributed by atoms with Crippen molar-refractivity contribution in [2.45, 2.75) is 11.3 Å². The van der Waals surface area contributed by atoms with Crippen LogP contribution in [0.1, 0.15) is 12.0 Å². The third kappa shape index (κ3) is 2.80. The molecule has 0 atom stereocenters. The number of aliphatic hydroxyl groups is 1. The molecule has 0 bridgehead atoms. The van der Waals surface area contributed by atoms with Gasteiger partial charge in [-0.1, -0.05) is 12.1 Å². The summed E-state index contributed by atoms with van der Waals surface area (Å²) < 4.78 is 1.77. The highest BCUT2D eigenvalue weighted by molar-refractivity contribution is 7.97. The van der Waals surface area contributed by atoms with Gasteiger partial charge in [0.2, 0.25) is 11.9 Å². The lowest BCUT2D eigenvalue weighted by Crippen LogP contribution is -2.22. The van der Waals surface area contributed by atoms with E-state index in [0.717, 1.165) is 4.90 Å². The van der Waals surface area contributed by atoms with Crippen LogP contribution in [0, 0.1) is 0 Å². The Balaban J connectivity index is 1.57. The van der Waals surface area contributed by atoms with Gasteiger partial charge in [-0.2, -0.15) is 9.97 Å². The standard InChI is InChI=1S/C16H15N7O2S/c1-23-9(13(25)8-4-2-3-5-10(8)26-23)6-11(24)20-16-21-14(17)12-15(22-16)19-7-18-12/h2-5,7,25H,6H2,1H3,(H4,17,18,19,20,21,22,24). The summed E-state index contributed by atoms with van der Waals surface area (Å²) in [6.45, 7) is 0. The topological polar surface area (TPSA) is 133 Å². The molecule has 0 saturated heterocycles. The molecule has 10 heteroatoms. The molecule has 2 aromatic heterocycles. The smallest absolute Gasteiger partial charge is 0.233 e. The molecule has 1 aliphatic heterocycles. The zero-order valence-corrected chi connectivity index (χ0v) is 14.5. The Hall–Kier alpha value is -3.27. The molecule has 0 spiro atoms. The van der Waals surface area contributed by atoms with Crippen LogP contribution in [0.25, 0.3) is 16.9 Å². The van der Waals surface area contributed by atoms with Crippen LogP contribution in [0.2, 0.25) is 0 Å². The second kappa shape index (κ2) is 6.23. The Morgan fingerprint density at radius 2 is 2.19 bits per heavy atom. The monoisotopic (exact) mass is 369 g/mol. The van der Waals surface area contributed by atoms with Crippen LogP contribution in [-0.4, -0.2) is 42.3 Å². The molecule has 1 aliphatic rings. The second-order valence-corrected chi connectivity index (χ2v) is 6.81. The number of carbonyl (C=O) groups is 1. The van der Waals surface area contributed by atoms with Gasteiger partial charge in [0.25, 0.3) is 0 Å². The molecule has 0 fully saturated rings. The molecule has 9 nitrogen and oxygen atoms in total. The van der Waals surface area contributed by atoms with Crippen molar-refractivity contribution in [3.05, 3.63) is 41.9 Å². The summed E-state index contributed by atoms with van der Waals surface area (Å²) >= 11 is 1.45. The van der Waals surface area contributed by atoms with Gasteiger partial charge in [-0.05, 0) is 24.1 Å². The number of nitrogen functional groups attached to an aromatic ring is 1. The molecule has 0 aliphatic carbocycles. The lowest BCUT2D eigenvalue weighted by atomic mass is 10.1. The van der Waals surface area contributed by atoms with E-state index in [4.69, 9.17) is 5.73 Å². The van der Waals surface area contributed by atoms with Crippen molar-refractivity contribution < 1.29 is 9.90 Å². The minimum atomic E-state index is -0.368. The van der Waals surface area contributed by atoms with Crippen molar-refractivity contribution in [3.63, 3.8) is 0 Å². The Morgan fingerprint density at radius 1 is 1.38 bits per heavy atom. The Morgan fingerprint density at radius 3 is 3.04 bits per heavy atom. The predicted octanol–water partition coefficient (Wildman–Crippen LogP) is 2.14. The minimum absolute atomic E-state index is 0.0362. The summed E-state index contributed by atoms with van der Waals surface area (Å²) in [4.78, 5) is 28.4. The van der Waals surface area contributed by atoms with E-state index in [1.54, 1.807) is 11.4 Å². The van der Waals surface area contributed by atoms with Crippen LogP contribution < -0.4 is 11.1 Å². The molecule has 1 amide bonds. The van der Waals surface area contributed by atoms with E-state index in [1.807, 2.05) is 24.3 Å². The first-order valence-electron chi connectivity index (χ1n) is 7.72. The Kier molecular flexibility index (Phi) is 3.88. The number of nitrogens with two attached hydrogens (primary N) is 1. The predicted molar refractivity (Wildman–Crippen MR) is 99.0 cm³/mol. The van der Waals surface area contributed by atoms with Crippen molar-refractivity contribution >= 4 is 46.5 Å². The first-order valence-corrected chi connectivity index (χ1v) is 8.50. The van der Waals surface area contributed by atoms with E-state index >= 15 is 0 Å². The summed E-state index contributed by atoms with van der Waals surface area (Å²) in [5.41, 5.74) is 7.92. The third-order valence-corrected chi connectivity index (χ3v) is 4.97. The largest absolute Gasteiger partial charge is 0.505 e. The number of imidazole rings is 1. The van der Waals surface area contributed by atoms with E-state index in [-0.39, 0.29) is 29.9 Å². The summed E-state index contributed by atoms with van der Waals surface area (Å²) in [5.74, 6) is -0.0179. The molecule has 0 radical (unpaired) electrons. The summed E-state index contributed by atoms with van der Waals surface area (Å²) in [6, 6.07) is 7.48. The molecule has 0 unspecified atom stereocenters. The molecule has 3 aromatic rings. The van der Waals surface area contributed by atoms with E-state index < -0.39 is 0 Å².